The van der Waals surface area contributed by atoms with Gasteiger partial charge in [0.05, 0.1) is 27.9 Å². The molecule has 0 aliphatic rings. The minimum absolute atomic E-state index is 0.482. The molecule has 2 aromatic carbocycles. The van der Waals surface area contributed by atoms with Crippen LogP contribution in [0.25, 0.3) is 10.2 Å². The third-order valence-corrected chi connectivity index (χ3v) is 5.43. The summed E-state index contributed by atoms with van der Waals surface area (Å²) < 4.78 is 6.42. The molecule has 8 heteroatoms. The molecule has 0 amide bonds. The lowest BCUT2D eigenvalue weighted by molar-refractivity contribution is 0.416. The number of benzene rings is 2. The maximum Gasteiger partial charge on any atom is 0.231 e. The number of hydrazone groups is 1. The number of fused-ring (bicyclic) bond motifs is 1. The molecule has 2 aromatic heterocycles. The second kappa shape index (κ2) is 8.07. The number of hydrogen-bond donors (Lipinski definition) is 1. The summed E-state index contributed by atoms with van der Waals surface area (Å²) >= 11 is 3.04. The van der Waals surface area contributed by atoms with Gasteiger partial charge in [-0.05, 0) is 35.7 Å². The van der Waals surface area contributed by atoms with Crippen LogP contribution in [-0.2, 0) is 0 Å². The van der Waals surface area contributed by atoms with Gasteiger partial charge in [0.25, 0.3) is 0 Å². The zero-order valence-electron chi connectivity index (χ0n) is 14.4. The van der Waals surface area contributed by atoms with Crippen LogP contribution in [0.5, 0.6) is 5.75 Å². The third kappa shape index (κ3) is 4.02. The van der Waals surface area contributed by atoms with Crippen molar-refractivity contribution in [3.8, 4) is 5.75 Å². The van der Waals surface area contributed by atoms with E-state index in [-0.39, 0.29) is 0 Å². The molecular formula is C19H15N5OS2. The number of ether oxygens (including phenoxy) is 1. The molecule has 4 rings (SSSR count). The largest absolute Gasteiger partial charge is 0.495 e. The SMILES string of the molecule is COc1ccccc1N/N=C(/N=Nc1nc2ccccc2s1)c1cccs1. The number of nitrogens with one attached hydrogen (secondary N) is 1. The van der Waals surface area contributed by atoms with Crippen molar-refractivity contribution in [3.05, 3.63) is 70.9 Å². The molecule has 0 bridgehead atoms. The van der Waals surface area contributed by atoms with E-state index < -0.39 is 0 Å². The summed E-state index contributed by atoms with van der Waals surface area (Å²) in [7, 11) is 1.62. The van der Waals surface area contributed by atoms with Crippen LogP contribution in [0.4, 0.5) is 10.8 Å². The van der Waals surface area contributed by atoms with E-state index in [1.807, 2.05) is 66.0 Å². The van der Waals surface area contributed by atoms with Crippen molar-refractivity contribution in [3.63, 3.8) is 0 Å². The molecule has 0 aliphatic heterocycles. The first-order valence-corrected chi connectivity index (χ1v) is 9.81. The molecule has 4 aromatic rings. The van der Waals surface area contributed by atoms with Crippen molar-refractivity contribution in [2.45, 2.75) is 0 Å². The van der Waals surface area contributed by atoms with Crippen molar-refractivity contribution in [2.75, 3.05) is 12.5 Å². The fourth-order valence-electron chi connectivity index (χ4n) is 2.38. The topological polar surface area (TPSA) is 71.2 Å². The van der Waals surface area contributed by atoms with Crippen LogP contribution >= 0.6 is 22.7 Å². The minimum atomic E-state index is 0.482. The average molecular weight is 393 g/mol. The Kier molecular flexibility index (Phi) is 5.17. The summed E-state index contributed by atoms with van der Waals surface area (Å²) in [5.74, 6) is 1.19. The van der Waals surface area contributed by atoms with Gasteiger partial charge < -0.3 is 4.74 Å². The molecule has 0 spiro atoms. The van der Waals surface area contributed by atoms with Crippen molar-refractivity contribution in [1.29, 1.82) is 0 Å². The van der Waals surface area contributed by atoms with Crippen LogP contribution in [0, 0.1) is 0 Å². The van der Waals surface area contributed by atoms with E-state index in [1.165, 1.54) is 11.3 Å². The van der Waals surface area contributed by atoms with E-state index in [2.05, 4.69) is 25.7 Å². The minimum Gasteiger partial charge on any atom is -0.495 e. The molecular weight excluding hydrogens is 378 g/mol. The van der Waals surface area contributed by atoms with E-state index in [1.54, 1.807) is 18.4 Å². The Balaban J connectivity index is 1.63. The highest BCUT2D eigenvalue weighted by Crippen LogP contribution is 2.28. The molecule has 0 fully saturated rings. The number of rotatable bonds is 5. The van der Waals surface area contributed by atoms with Gasteiger partial charge in [-0.1, -0.05) is 41.7 Å². The quantitative estimate of drug-likeness (QED) is 0.198. The normalized spacial score (nSPS) is 12.0. The average Bonchev–Trinajstić information content (AvgIpc) is 3.38. The number of thiazole rings is 1. The van der Waals surface area contributed by atoms with Gasteiger partial charge in [-0.15, -0.1) is 21.6 Å². The Morgan fingerprint density at radius 2 is 1.89 bits per heavy atom. The number of azo groups is 1. The van der Waals surface area contributed by atoms with Gasteiger partial charge in [0.1, 0.15) is 5.75 Å². The van der Waals surface area contributed by atoms with Crippen molar-refractivity contribution < 1.29 is 4.74 Å². The van der Waals surface area contributed by atoms with Crippen LogP contribution in [0.2, 0.25) is 0 Å². The maximum atomic E-state index is 5.34. The monoisotopic (exact) mass is 393 g/mol. The van der Waals surface area contributed by atoms with Crippen molar-refractivity contribution in [1.82, 2.24) is 4.98 Å². The summed E-state index contributed by atoms with van der Waals surface area (Å²) in [5.41, 5.74) is 4.68. The first-order valence-electron chi connectivity index (χ1n) is 8.11. The van der Waals surface area contributed by atoms with Gasteiger partial charge in [-0.2, -0.15) is 5.10 Å². The van der Waals surface area contributed by atoms with E-state index in [9.17, 15) is 0 Å². The standard InChI is InChI=1S/C19H15N5OS2/c1-25-15-9-4-2-7-13(15)21-22-18(17-11-6-12-26-17)23-24-19-20-14-8-3-5-10-16(14)27-19/h2-12,21H,1H3/b22-18+,24-23?. The molecule has 2 heterocycles. The maximum absolute atomic E-state index is 5.34. The van der Waals surface area contributed by atoms with E-state index >= 15 is 0 Å². The molecule has 0 saturated heterocycles. The highest BCUT2D eigenvalue weighted by molar-refractivity contribution is 7.21. The van der Waals surface area contributed by atoms with Gasteiger partial charge in [0, 0.05) is 0 Å². The molecule has 0 atom stereocenters. The Hall–Kier alpha value is -3.10. The number of nitrogens with zero attached hydrogens (tertiary/aromatic N) is 4. The summed E-state index contributed by atoms with van der Waals surface area (Å²) in [6, 6.07) is 19.4. The van der Waals surface area contributed by atoms with Crippen LogP contribution < -0.4 is 10.2 Å². The van der Waals surface area contributed by atoms with Gasteiger partial charge in [0.15, 0.2) is 0 Å². The zero-order valence-corrected chi connectivity index (χ0v) is 16.0. The zero-order chi connectivity index (χ0) is 18.5. The van der Waals surface area contributed by atoms with Gasteiger partial charge in [0.2, 0.25) is 11.0 Å². The molecule has 1 N–H and O–H groups in total. The third-order valence-electron chi connectivity index (χ3n) is 3.64. The van der Waals surface area contributed by atoms with E-state index in [4.69, 9.17) is 4.74 Å². The fraction of sp³-hybridized carbons (Fsp3) is 0.0526. The lowest BCUT2D eigenvalue weighted by Crippen LogP contribution is -2.00. The molecule has 6 nitrogen and oxygen atoms in total. The number of hydrogen-bond acceptors (Lipinski definition) is 7. The van der Waals surface area contributed by atoms with Gasteiger partial charge in [-0.3, -0.25) is 5.43 Å². The number of methoxy groups -OCH3 is 1. The number of amidine groups is 1. The highest BCUT2D eigenvalue weighted by atomic mass is 32.1. The van der Waals surface area contributed by atoms with E-state index in [0.29, 0.717) is 16.7 Å². The molecule has 134 valence electrons. The first kappa shape index (κ1) is 17.3. The molecule has 0 unspecified atom stereocenters. The lowest BCUT2D eigenvalue weighted by atomic mass is 10.3. The number of thiophene rings is 1. The lowest BCUT2D eigenvalue weighted by Gasteiger charge is -2.07. The van der Waals surface area contributed by atoms with Crippen LogP contribution in [0.1, 0.15) is 4.88 Å². The van der Waals surface area contributed by atoms with Crippen LogP contribution in [0.15, 0.2) is 81.4 Å². The Morgan fingerprint density at radius 3 is 2.70 bits per heavy atom. The molecule has 27 heavy (non-hydrogen) atoms. The summed E-state index contributed by atoms with van der Waals surface area (Å²) in [6.45, 7) is 0. The summed E-state index contributed by atoms with van der Waals surface area (Å²) in [4.78, 5) is 5.38. The van der Waals surface area contributed by atoms with Gasteiger partial charge in [-0.25, -0.2) is 4.98 Å². The van der Waals surface area contributed by atoms with Crippen molar-refractivity contribution >= 4 is 49.5 Å². The number of aromatic nitrogens is 1. The Morgan fingerprint density at radius 1 is 1.04 bits per heavy atom. The smallest absolute Gasteiger partial charge is 0.231 e. The molecule has 0 aliphatic carbocycles. The number of anilines is 1. The summed E-state index contributed by atoms with van der Waals surface area (Å²) in [5, 5.41) is 15.6. The molecule has 0 saturated carbocycles. The van der Waals surface area contributed by atoms with Crippen molar-refractivity contribution in [2.24, 2.45) is 15.3 Å². The van der Waals surface area contributed by atoms with Crippen LogP contribution in [-0.4, -0.2) is 17.9 Å². The predicted octanol–water partition coefficient (Wildman–Crippen LogP) is 5.92. The molecule has 0 radical (unpaired) electrons. The fourth-order valence-corrected chi connectivity index (χ4v) is 3.82. The Bertz CT molecular complexity index is 1070. The second-order valence-electron chi connectivity index (χ2n) is 5.39. The highest BCUT2D eigenvalue weighted by Gasteiger charge is 2.07. The Labute approximate surface area is 163 Å². The second-order valence-corrected chi connectivity index (χ2v) is 7.35. The predicted molar refractivity (Wildman–Crippen MR) is 112 cm³/mol. The van der Waals surface area contributed by atoms with Crippen LogP contribution in [0.3, 0.4) is 0 Å². The summed E-state index contributed by atoms with van der Waals surface area (Å²) in [6.07, 6.45) is 0. The van der Waals surface area contributed by atoms with E-state index in [0.717, 1.165) is 20.8 Å². The van der Waals surface area contributed by atoms with Gasteiger partial charge >= 0.3 is 0 Å². The number of para-hydroxylation sites is 3. The first-order chi connectivity index (χ1) is 13.3.